The lowest BCUT2D eigenvalue weighted by Gasteiger charge is -2.32. The van der Waals surface area contributed by atoms with Crippen LogP contribution in [0.3, 0.4) is 0 Å². The van der Waals surface area contributed by atoms with Gasteiger partial charge in [0.25, 0.3) is 0 Å². The molecule has 2 saturated heterocycles. The fourth-order valence-electron chi connectivity index (χ4n) is 3.54. The summed E-state index contributed by atoms with van der Waals surface area (Å²) in [5, 5.41) is 0. The Bertz CT molecular complexity index is 458. The number of hydrogen-bond donors (Lipinski definition) is 1. The number of likely N-dealkylation sites (tertiary alicyclic amines) is 1. The van der Waals surface area contributed by atoms with E-state index in [9.17, 15) is 4.79 Å². The van der Waals surface area contributed by atoms with Crippen molar-refractivity contribution in [1.29, 1.82) is 0 Å². The summed E-state index contributed by atoms with van der Waals surface area (Å²) >= 11 is 0. The minimum absolute atomic E-state index is 0.134. The van der Waals surface area contributed by atoms with Gasteiger partial charge in [0, 0.05) is 24.6 Å². The van der Waals surface area contributed by atoms with Crippen molar-refractivity contribution in [3.63, 3.8) is 0 Å². The van der Waals surface area contributed by atoms with Crippen LogP contribution in [0.15, 0.2) is 6.33 Å². The highest BCUT2D eigenvalue weighted by atomic mass is 16.5. The normalized spacial score (nSPS) is 39.6. The van der Waals surface area contributed by atoms with Crippen LogP contribution in [0.4, 0.5) is 0 Å². The van der Waals surface area contributed by atoms with Crippen LogP contribution in [0.1, 0.15) is 23.9 Å². The smallest absolute Gasteiger partial charge is 0.209 e. The number of nitrogens with one attached hydrogen (secondary N) is 1. The van der Waals surface area contributed by atoms with E-state index in [-0.39, 0.29) is 11.7 Å². The summed E-state index contributed by atoms with van der Waals surface area (Å²) in [6.45, 7) is 1.57. The number of ether oxygens (including phenoxy) is 1. The average molecular weight is 219 g/mol. The second-order valence-corrected chi connectivity index (χ2v) is 5.08. The summed E-state index contributed by atoms with van der Waals surface area (Å²) in [6, 6.07) is 0. The summed E-state index contributed by atoms with van der Waals surface area (Å²) in [5.74, 6) is 0.477. The Morgan fingerprint density at radius 2 is 2.62 bits per heavy atom. The van der Waals surface area contributed by atoms with Crippen LogP contribution in [0.25, 0.3) is 0 Å². The number of imidazole rings is 1. The van der Waals surface area contributed by atoms with Crippen molar-refractivity contribution in [2.24, 2.45) is 5.92 Å². The van der Waals surface area contributed by atoms with E-state index in [1.807, 2.05) is 4.90 Å². The van der Waals surface area contributed by atoms with Crippen molar-refractivity contribution in [2.75, 3.05) is 13.1 Å². The number of nitrogens with zero attached hydrogens (tertiary/aromatic N) is 2. The number of hydrogen-bond acceptors (Lipinski definition) is 3. The SMILES string of the molecule is O=CN1C[C@H]2C[C@H]3O[C@@]2(Cc2[nH]cnc23)C1. The molecule has 1 N–H and O–H groups in total. The van der Waals surface area contributed by atoms with E-state index >= 15 is 0 Å². The van der Waals surface area contributed by atoms with Gasteiger partial charge in [-0.25, -0.2) is 4.98 Å². The second-order valence-electron chi connectivity index (χ2n) is 5.08. The van der Waals surface area contributed by atoms with Crippen LogP contribution in [0.5, 0.6) is 0 Å². The van der Waals surface area contributed by atoms with Crippen molar-refractivity contribution in [3.8, 4) is 0 Å². The number of carbonyl (C=O) groups is 1. The largest absolute Gasteiger partial charge is 0.363 e. The van der Waals surface area contributed by atoms with Gasteiger partial charge in [-0.3, -0.25) is 4.79 Å². The molecule has 16 heavy (non-hydrogen) atoms. The van der Waals surface area contributed by atoms with Crippen molar-refractivity contribution >= 4 is 6.41 Å². The number of fused-ring (bicyclic) bond motifs is 3. The molecule has 2 bridgehead atoms. The molecular weight excluding hydrogens is 206 g/mol. The summed E-state index contributed by atoms with van der Waals surface area (Å²) in [4.78, 5) is 20.2. The predicted octanol–water partition coefficient (Wildman–Crippen LogP) is 0.254. The van der Waals surface area contributed by atoms with Gasteiger partial charge >= 0.3 is 0 Å². The molecule has 1 amide bonds. The van der Waals surface area contributed by atoms with Gasteiger partial charge in [-0.1, -0.05) is 0 Å². The first-order chi connectivity index (χ1) is 7.81. The van der Waals surface area contributed by atoms with Gasteiger partial charge in [-0.2, -0.15) is 0 Å². The third kappa shape index (κ3) is 0.899. The minimum Gasteiger partial charge on any atom is -0.363 e. The van der Waals surface area contributed by atoms with Crippen molar-refractivity contribution < 1.29 is 9.53 Å². The maximum absolute atomic E-state index is 10.8. The highest BCUT2D eigenvalue weighted by Gasteiger charge is 2.58. The maximum atomic E-state index is 10.8. The molecule has 5 nitrogen and oxygen atoms in total. The number of H-pyrrole nitrogens is 1. The van der Waals surface area contributed by atoms with Gasteiger partial charge in [0.05, 0.1) is 24.2 Å². The molecule has 1 aromatic heterocycles. The zero-order chi connectivity index (χ0) is 10.8. The molecule has 3 atom stereocenters. The summed E-state index contributed by atoms with van der Waals surface area (Å²) < 4.78 is 6.14. The molecule has 2 fully saturated rings. The first-order valence-corrected chi connectivity index (χ1v) is 5.70. The summed E-state index contributed by atoms with van der Waals surface area (Å²) in [6.07, 6.45) is 4.70. The van der Waals surface area contributed by atoms with Crippen LogP contribution < -0.4 is 0 Å². The second kappa shape index (κ2) is 2.66. The maximum Gasteiger partial charge on any atom is 0.209 e. The first kappa shape index (κ1) is 8.75. The van der Waals surface area contributed by atoms with E-state index in [2.05, 4.69) is 9.97 Å². The highest BCUT2D eigenvalue weighted by Crippen LogP contribution is 2.52. The van der Waals surface area contributed by atoms with Crippen molar-refractivity contribution in [2.45, 2.75) is 24.5 Å². The van der Waals surface area contributed by atoms with Crippen LogP contribution in [0.2, 0.25) is 0 Å². The standard InChI is InChI=1S/C11H13N3O2/c15-6-14-3-7-1-9-10-8(12-5-13-10)2-11(7,4-14)16-9/h5-7,9H,1-4H2,(H,12,13)/t7-,9-,11+/m1/s1. The predicted molar refractivity (Wildman–Crippen MR) is 54.6 cm³/mol. The molecule has 0 saturated carbocycles. The Labute approximate surface area is 92.8 Å². The Morgan fingerprint density at radius 3 is 3.50 bits per heavy atom. The number of carbonyl (C=O) groups excluding carboxylic acids is 1. The highest BCUT2D eigenvalue weighted by molar-refractivity contribution is 5.49. The molecule has 5 heteroatoms. The summed E-state index contributed by atoms with van der Waals surface area (Å²) in [5.41, 5.74) is 2.15. The van der Waals surface area contributed by atoms with Gasteiger partial charge in [0.2, 0.25) is 6.41 Å². The molecule has 0 unspecified atom stereocenters. The molecular formula is C11H13N3O2. The monoisotopic (exact) mass is 219 g/mol. The lowest BCUT2D eigenvalue weighted by Crippen LogP contribution is -2.41. The number of aromatic amines is 1. The third-order valence-corrected chi connectivity index (χ3v) is 4.23. The minimum atomic E-state index is -0.134. The van der Waals surface area contributed by atoms with E-state index in [0.717, 1.165) is 38.0 Å². The van der Waals surface area contributed by atoms with E-state index < -0.39 is 0 Å². The molecule has 0 radical (unpaired) electrons. The lowest BCUT2D eigenvalue weighted by molar-refractivity contribution is -0.120. The quantitative estimate of drug-likeness (QED) is 0.689. The molecule has 1 spiro atoms. The Hall–Kier alpha value is -1.36. The van der Waals surface area contributed by atoms with Gasteiger partial charge < -0.3 is 14.6 Å². The van der Waals surface area contributed by atoms with Gasteiger partial charge in [0.15, 0.2) is 0 Å². The molecule has 4 heterocycles. The van der Waals surface area contributed by atoms with Crippen molar-refractivity contribution in [3.05, 3.63) is 17.7 Å². The third-order valence-electron chi connectivity index (χ3n) is 4.23. The first-order valence-electron chi connectivity index (χ1n) is 5.70. The topological polar surface area (TPSA) is 58.2 Å². The Kier molecular flexibility index (Phi) is 1.45. The van der Waals surface area contributed by atoms with Gasteiger partial charge in [0.1, 0.15) is 6.10 Å². The van der Waals surface area contributed by atoms with Crippen molar-refractivity contribution in [1.82, 2.24) is 14.9 Å². The van der Waals surface area contributed by atoms with Gasteiger partial charge in [-0.15, -0.1) is 0 Å². The molecule has 3 aliphatic heterocycles. The van der Waals surface area contributed by atoms with E-state index in [0.29, 0.717) is 5.92 Å². The molecule has 0 aliphatic carbocycles. The molecule has 84 valence electrons. The number of amides is 1. The fraction of sp³-hybridized carbons (Fsp3) is 0.636. The van der Waals surface area contributed by atoms with Crippen LogP contribution in [0, 0.1) is 5.92 Å². The molecule has 3 aliphatic rings. The fourth-order valence-corrected chi connectivity index (χ4v) is 3.54. The number of aromatic nitrogens is 2. The average Bonchev–Trinajstić information content (AvgIpc) is 2.90. The van der Waals surface area contributed by atoms with Crippen LogP contribution in [-0.2, 0) is 16.0 Å². The molecule has 4 rings (SSSR count). The van der Waals surface area contributed by atoms with Crippen LogP contribution >= 0.6 is 0 Å². The summed E-state index contributed by atoms with van der Waals surface area (Å²) in [7, 11) is 0. The zero-order valence-electron chi connectivity index (χ0n) is 8.85. The molecule has 1 aromatic rings. The molecule has 0 aromatic carbocycles. The van der Waals surface area contributed by atoms with E-state index in [1.54, 1.807) is 6.33 Å². The van der Waals surface area contributed by atoms with Crippen LogP contribution in [-0.4, -0.2) is 40.0 Å². The number of rotatable bonds is 1. The Morgan fingerprint density at radius 1 is 1.69 bits per heavy atom. The zero-order valence-corrected chi connectivity index (χ0v) is 8.85. The van der Waals surface area contributed by atoms with E-state index in [1.165, 1.54) is 5.69 Å². The van der Waals surface area contributed by atoms with E-state index in [4.69, 9.17) is 4.74 Å². The lowest BCUT2D eigenvalue weighted by atomic mass is 9.88. The van der Waals surface area contributed by atoms with Gasteiger partial charge in [-0.05, 0) is 6.42 Å². The Balaban J connectivity index is 1.76.